The molecule has 0 unspecified atom stereocenters. The zero-order chi connectivity index (χ0) is 15.6. The van der Waals surface area contributed by atoms with Gasteiger partial charge in [-0.05, 0) is 16.7 Å². The van der Waals surface area contributed by atoms with Crippen LogP contribution < -0.4 is 5.32 Å². The molecule has 0 fully saturated rings. The van der Waals surface area contributed by atoms with Gasteiger partial charge in [0.05, 0.1) is 0 Å². The minimum absolute atomic E-state index is 0.0156. The first-order valence-corrected chi connectivity index (χ1v) is 7.18. The predicted molar refractivity (Wildman–Crippen MR) is 86.4 cm³/mol. The SMILES string of the molecule is [N-]=[N+]=NCCNC(=O)CC(c1ccccc1)c1ccccc1. The van der Waals surface area contributed by atoms with E-state index in [2.05, 4.69) is 15.3 Å². The number of amides is 1. The number of carbonyl (C=O) groups is 1. The molecule has 2 aromatic rings. The van der Waals surface area contributed by atoms with E-state index >= 15 is 0 Å². The van der Waals surface area contributed by atoms with E-state index in [1.54, 1.807) is 0 Å². The van der Waals surface area contributed by atoms with Gasteiger partial charge >= 0.3 is 0 Å². The third-order valence-electron chi connectivity index (χ3n) is 3.39. The van der Waals surface area contributed by atoms with E-state index in [1.165, 1.54) is 0 Å². The van der Waals surface area contributed by atoms with Crippen LogP contribution in [0.3, 0.4) is 0 Å². The first-order valence-electron chi connectivity index (χ1n) is 7.18. The van der Waals surface area contributed by atoms with Crippen molar-refractivity contribution in [1.82, 2.24) is 5.32 Å². The number of nitrogens with zero attached hydrogens (tertiary/aromatic N) is 3. The summed E-state index contributed by atoms with van der Waals surface area (Å²) in [5.41, 5.74) is 10.4. The van der Waals surface area contributed by atoms with Crippen LogP contribution in [0.15, 0.2) is 65.8 Å². The maximum Gasteiger partial charge on any atom is 0.220 e. The standard InChI is InChI=1S/C17H18N4O/c18-21-20-12-11-19-17(22)13-16(14-7-3-1-4-8-14)15-9-5-2-6-10-15/h1-10,16H,11-13H2,(H,19,22). The molecule has 2 rings (SSSR count). The summed E-state index contributed by atoms with van der Waals surface area (Å²) in [7, 11) is 0. The second kappa shape index (κ2) is 8.49. The van der Waals surface area contributed by atoms with E-state index in [0.29, 0.717) is 13.0 Å². The molecule has 0 aliphatic carbocycles. The van der Waals surface area contributed by atoms with Crippen LogP contribution in [0.5, 0.6) is 0 Å². The molecule has 5 nitrogen and oxygen atoms in total. The van der Waals surface area contributed by atoms with Crippen LogP contribution in [0.25, 0.3) is 10.4 Å². The lowest BCUT2D eigenvalue weighted by molar-refractivity contribution is -0.121. The predicted octanol–water partition coefficient (Wildman–Crippen LogP) is 3.64. The van der Waals surface area contributed by atoms with Gasteiger partial charge in [-0.2, -0.15) is 0 Å². The van der Waals surface area contributed by atoms with E-state index in [0.717, 1.165) is 11.1 Å². The fraction of sp³-hybridized carbons (Fsp3) is 0.235. The number of hydrogen-bond donors (Lipinski definition) is 1. The third-order valence-corrected chi connectivity index (χ3v) is 3.39. The van der Waals surface area contributed by atoms with Crippen LogP contribution in [0, 0.1) is 0 Å². The summed E-state index contributed by atoms with van der Waals surface area (Å²) >= 11 is 0. The lowest BCUT2D eigenvalue weighted by atomic mass is 9.88. The van der Waals surface area contributed by atoms with Gasteiger partial charge in [-0.15, -0.1) is 0 Å². The normalized spacial score (nSPS) is 10.0. The van der Waals surface area contributed by atoms with Crippen LogP contribution in [-0.4, -0.2) is 19.0 Å². The first-order chi connectivity index (χ1) is 10.8. The topological polar surface area (TPSA) is 77.9 Å². The highest BCUT2D eigenvalue weighted by Crippen LogP contribution is 2.27. The third kappa shape index (κ3) is 4.65. The molecule has 112 valence electrons. The molecule has 0 aromatic heterocycles. The average Bonchev–Trinajstić information content (AvgIpc) is 2.58. The molecule has 0 saturated carbocycles. The van der Waals surface area contributed by atoms with Gasteiger partial charge in [0.1, 0.15) is 0 Å². The Hall–Kier alpha value is -2.78. The average molecular weight is 294 g/mol. The monoisotopic (exact) mass is 294 g/mol. The summed E-state index contributed by atoms with van der Waals surface area (Å²) in [6.45, 7) is 0.628. The molecule has 0 heterocycles. The fourth-order valence-corrected chi connectivity index (χ4v) is 2.35. The molecule has 0 saturated heterocycles. The Bertz CT molecular complexity index is 597. The van der Waals surface area contributed by atoms with E-state index < -0.39 is 0 Å². The molecule has 0 bridgehead atoms. The second-order valence-corrected chi connectivity index (χ2v) is 4.88. The lowest BCUT2D eigenvalue weighted by Crippen LogP contribution is -2.27. The number of rotatable bonds is 7. The van der Waals surface area contributed by atoms with Crippen molar-refractivity contribution in [2.24, 2.45) is 5.11 Å². The zero-order valence-corrected chi connectivity index (χ0v) is 12.2. The maximum atomic E-state index is 12.1. The van der Waals surface area contributed by atoms with E-state index in [1.807, 2.05) is 60.7 Å². The van der Waals surface area contributed by atoms with Crippen molar-refractivity contribution in [3.8, 4) is 0 Å². The Kier molecular flexibility index (Phi) is 6.03. The second-order valence-electron chi connectivity index (χ2n) is 4.88. The van der Waals surface area contributed by atoms with Gasteiger partial charge in [0.2, 0.25) is 5.91 Å². The van der Waals surface area contributed by atoms with Crippen LogP contribution in [0.1, 0.15) is 23.5 Å². The highest BCUT2D eigenvalue weighted by molar-refractivity contribution is 5.77. The molecular formula is C17H18N4O. The Morgan fingerprint density at radius 3 is 2.09 bits per heavy atom. The molecule has 0 radical (unpaired) electrons. The van der Waals surface area contributed by atoms with E-state index in [-0.39, 0.29) is 18.4 Å². The number of benzene rings is 2. The summed E-state index contributed by atoms with van der Waals surface area (Å²) in [5.74, 6) is -0.0345. The summed E-state index contributed by atoms with van der Waals surface area (Å²) < 4.78 is 0. The van der Waals surface area contributed by atoms with Crippen molar-refractivity contribution in [2.75, 3.05) is 13.1 Å². The molecular weight excluding hydrogens is 276 g/mol. The minimum atomic E-state index is -0.0501. The van der Waals surface area contributed by atoms with E-state index in [9.17, 15) is 4.79 Å². The van der Waals surface area contributed by atoms with Gasteiger partial charge in [0.25, 0.3) is 0 Å². The largest absolute Gasteiger partial charge is 0.356 e. The van der Waals surface area contributed by atoms with Crippen molar-refractivity contribution in [1.29, 1.82) is 0 Å². The number of azide groups is 1. The van der Waals surface area contributed by atoms with Crippen LogP contribution in [0.4, 0.5) is 0 Å². The van der Waals surface area contributed by atoms with Crippen molar-refractivity contribution >= 4 is 5.91 Å². The van der Waals surface area contributed by atoms with E-state index in [4.69, 9.17) is 5.53 Å². The Morgan fingerprint density at radius 1 is 1.05 bits per heavy atom. The van der Waals surface area contributed by atoms with Gasteiger partial charge in [-0.3, -0.25) is 4.79 Å². The zero-order valence-electron chi connectivity index (χ0n) is 12.2. The molecule has 0 aliphatic heterocycles. The van der Waals surface area contributed by atoms with Gasteiger partial charge < -0.3 is 5.32 Å². The highest BCUT2D eigenvalue weighted by atomic mass is 16.1. The molecule has 0 aliphatic rings. The number of carbonyl (C=O) groups excluding carboxylic acids is 1. The van der Waals surface area contributed by atoms with Crippen molar-refractivity contribution in [3.63, 3.8) is 0 Å². The molecule has 2 aromatic carbocycles. The van der Waals surface area contributed by atoms with Crippen LogP contribution in [0.2, 0.25) is 0 Å². The smallest absolute Gasteiger partial charge is 0.220 e. The van der Waals surface area contributed by atoms with Gasteiger partial charge in [0.15, 0.2) is 0 Å². The summed E-state index contributed by atoms with van der Waals surface area (Å²) in [5, 5.41) is 6.19. The van der Waals surface area contributed by atoms with Gasteiger partial charge in [0, 0.05) is 30.3 Å². The van der Waals surface area contributed by atoms with Crippen LogP contribution >= 0.6 is 0 Å². The number of hydrogen-bond acceptors (Lipinski definition) is 2. The van der Waals surface area contributed by atoms with Crippen molar-refractivity contribution in [3.05, 3.63) is 82.2 Å². The van der Waals surface area contributed by atoms with Crippen LogP contribution in [-0.2, 0) is 4.79 Å². The van der Waals surface area contributed by atoms with Crippen molar-refractivity contribution in [2.45, 2.75) is 12.3 Å². The molecule has 0 atom stereocenters. The Labute approximate surface area is 129 Å². The lowest BCUT2D eigenvalue weighted by Gasteiger charge is -2.17. The Balaban J connectivity index is 2.09. The fourth-order valence-electron chi connectivity index (χ4n) is 2.35. The molecule has 0 spiro atoms. The molecule has 1 amide bonds. The highest BCUT2D eigenvalue weighted by Gasteiger charge is 2.17. The molecule has 1 N–H and O–H groups in total. The molecule has 22 heavy (non-hydrogen) atoms. The van der Waals surface area contributed by atoms with Gasteiger partial charge in [-0.1, -0.05) is 65.8 Å². The number of nitrogens with one attached hydrogen (secondary N) is 1. The molecule has 5 heteroatoms. The van der Waals surface area contributed by atoms with Gasteiger partial charge in [-0.25, -0.2) is 0 Å². The summed E-state index contributed by atoms with van der Waals surface area (Å²) in [6.07, 6.45) is 0.365. The summed E-state index contributed by atoms with van der Waals surface area (Å²) in [6, 6.07) is 20.0. The van der Waals surface area contributed by atoms with Crippen molar-refractivity contribution < 1.29 is 4.79 Å². The maximum absolute atomic E-state index is 12.1. The quantitative estimate of drug-likeness (QED) is 0.360. The summed E-state index contributed by atoms with van der Waals surface area (Å²) in [4.78, 5) is 14.8. The minimum Gasteiger partial charge on any atom is -0.356 e. The first kappa shape index (κ1) is 15.6. The Morgan fingerprint density at radius 2 is 1.59 bits per heavy atom.